The Labute approximate surface area is 74.8 Å². The van der Waals surface area contributed by atoms with Gasteiger partial charge in [-0.2, -0.15) is 0 Å². The molecule has 0 spiro atoms. The van der Waals surface area contributed by atoms with Crippen LogP contribution in [0.1, 0.15) is 27.2 Å². The molecule has 0 atom stereocenters. The Hall–Kier alpha value is -0.0900. The van der Waals surface area contributed by atoms with E-state index in [1.54, 1.807) is 18.2 Å². The number of sulfonamides is 1. The van der Waals surface area contributed by atoms with Crippen LogP contribution in [-0.2, 0) is 10.0 Å². The van der Waals surface area contributed by atoms with Crippen LogP contribution in [0.5, 0.6) is 0 Å². The number of nitrogens with zero attached hydrogens (tertiary/aromatic N) is 1. The van der Waals surface area contributed by atoms with Crippen molar-refractivity contribution < 1.29 is 8.42 Å². The van der Waals surface area contributed by atoms with Gasteiger partial charge in [0.05, 0.1) is 5.25 Å². The average molecular weight is 191 g/mol. The number of hydrogen-bond donors (Lipinski definition) is 0. The molecule has 1 rings (SSSR count). The first-order chi connectivity index (χ1) is 5.48. The van der Waals surface area contributed by atoms with Gasteiger partial charge < -0.3 is 0 Å². The molecule has 12 heavy (non-hydrogen) atoms. The smallest absolute Gasteiger partial charge is 0.212 e. The Morgan fingerprint density at radius 2 is 1.92 bits per heavy atom. The maximum absolute atomic E-state index is 11.5. The van der Waals surface area contributed by atoms with Crippen LogP contribution < -0.4 is 0 Å². The molecule has 0 radical (unpaired) electrons. The van der Waals surface area contributed by atoms with E-state index in [1.165, 1.54) is 0 Å². The molecule has 0 aliphatic carbocycles. The Bertz CT molecular complexity index is 240. The van der Waals surface area contributed by atoms with Crippen molar-refractivity contribution in [3.05, 3.63) is 0 Å². The van der Waals surface area contributed by atoms with Crippen LogP contribution >= 0.6 is 0 Å². The zero-order valence-electron chi connectivity index (χ0n) is 7.95. The van der Waals surface area contributed by atoms with Gasteiger partial charge in [-0.1, -0.05) is 13.3 Å². The van der Waals surface area contributed by atoms with Gasteiger partial charge in [0.2, 0.25) is 10.0 Å². The maximum Gasteiger partial charge on any atom is 0.216 e. The number of rotatable bonds is 3. The van der Waals surface area contributed by atoms with Gasteiger partial charge in [0, 0.05) is 13.1 Å². The molecule has 1 saturated heterocycles. The van der Waals surface area contributed by atoms with Crippen molar-refractivity contribution >= 4 is 10.0 Å². The summed E-state index contributed by atoms with van der Waals surface area (Å²) in [4.78, 5) is 0. The maximum atomic E-state index is 11.5. The molecule has 0 saturated carbocycles. The van der Waals surface area contributed by atoms with E-state index in [-0.39, 0.29) is 5.25 Å². The third-order valence-corrected chi connectivity index (χ3v) is 4.67. The van der Waals surface area contributed by atoms with E-state index in [4.69, 9.17) is 0 Å². The predicted molar refractivity (Wildman–Crippen MR) is 49.4 cm³/mol. The molecule has 0 bridgehead atoms. The Morgan fingerprint density at radius 1 is 1.42 bits per heavy atom. The monoisotopic (exact) mass is 191 g/mol. The summed E-state index contributed by atoms with van der Waals surface area (Å²) in [6, 6.07) is 0. The molecule has 4 heteroatoms. The van der Waals surface area contributed by atoms with Gasteiger partial charge in [0.25, 0.3) is 0 Å². The fourth-order valence-corrected chi connectivity index (χ4v) is 2.72. The molecule has 1 aliphatic rings. The lowest BCUT2D eigenvalue weighted by molar-refractivity contribution is 0.194. The molecule has 0 aromatic heterocycles. The van der Waals surface area contributed by atoms with Gasteiger partial charge in [0.1, 0.15) is 0 Å². The highest BCUT2D eigenvalue weighted by Crippen LogP contribution is 2.23. The van der Waals surface area contributed by atoms with E-state index in [9.17, 15) is 8.42 Å². The SMILES string of the molecule is CCC1CN(S(=O)(=O)C(C)C)C1. The van der Waals surface area contributed by atoms with E-state index >= 15 is 0 Å². The summed E-state index contributed by atoms with van der Waals surface area (Å²) in [5.41, 5.74) is 0. The van der Waals surface area contributed by atoms with Gasteiger partial charge >= 0.3 is 0 Å². The fraction of sp³-hybridized carbons (Fsp3) is 1.00. The summed E-state index contributed by atoms with van der Waals surface area (Å²) in [5, 5.41) is -0.268. The lowest BCUT2D eigenvalue weighted by Gasteiger charge is -2.38. The molecule has 1 fully saturated rings. The second kappa shape index (κ2) is 3.34. The van der Waals surface area contributed by atoms with Gasteiger partial charge in [-0.3, -0.25) is 0 Å². The van der Waals surface area contributed by atoms with Gasteiger partial charge in [-0.15, -0.1) is 0 Å². The first kappa shape index (κ1) is 9.99. The average Bonchev–Trinajstić information content (AvgIpc) is 1.84. The minimum Gasteiger partial charge on any atom is -0.212 e. The number of hydrogen-bond acceptors (Lipinski definition) is 2. The van der Waals surface area contributed by atoms with E-state index in [2.05, 4.69) is 6.92 Å². The third-order valence-electron chi connectivity index (χ3n) is 2.46. The van der Waals surface area contributed by atoms with Crippen LogP contribution in [0, 0.1) is 5.92 Å². The largest absolute Gasteiger partial charge is 0.216 e. The van der Waals surface area contributed by atoms with E-state index < -0.39 is 10.0 Å². The molecule has 3 nitrogen and oxygen atoms in total. The summed E-state index contributed by atoms with van der Waals surface area (Å²) in [6.07, 6.45) is 1.09. The van der Waals surface area contributed by atoms with Crippen LogP contribution in [0.15, 0.2) is 0 Å². The topological polar surface area (TPSA) is 37.4 Å². The van der Waals surface area contributed by atoms with Crippen LogP contribution in [0.3, 0.4) is 0 Å². The molecule has 0 aromatic carbocycles. The van der Waals surface area contributed by atoms with Crippen LogP contribution in [-0.4, -0.2) is 31.1 Å². The molecule has 0 amide bonds. The Kier molecular flexibility index (Phi) is 2.78. The van der Waals surface area contributed by atoms with Crippen molar-refractivity contribution in [1.29, 1.82) is 0 Å². The second-order valence-corrected chi connectivity index (χ2v) is 6.17. The zero-order chi connectivity index (χ0) is 9.35. The second-order valence-electron chi connectivity index (χ2n) is 3.68. The van der Waals surface area contributed by atoms with Crippen molar-refractivity contribution in [1.82, 2.24) is 4.31 Å². The lowest BCUT2D eigenvalue weighted by Crippen LogP contribution is -2.51. The summed E-state index contributed by atoms with van der Waals surface area (Å²) in [5.74, 6) is 0.596. The van der Waals surface area contributed by atoms with Crippen molar-refractivity contribution in [3.63, 3.8) is 0 Å². The molecule has 1 heterocycles. The summed E-state index contributed by atoms with van der Waals surface area (Å²) in [6.45, 7) is 7.03. The molecule has 0 unspecified atom stereocenters. The van der Waals surface area contributed by atoms with E-state index in [1.807, 2.05) is 0 Å². The minimum atomic E-state index is -2.95. The highest BCUT2D eigenvalue weighted by molar-refractivity contribution is 7.89. The molecular weight excluding hydrogens is 174 g/mol. The van der Waals surface area contributed by atoms with Crippen molar-refractivity contribution in [2.24, 2.45) is 5.92 Å². The van der Waals surface area contributed by atoms with Crippen LogP contribution in [0.2, 0.25) is 0 Å². The Morgan fingerprint density at radius 3 is 2.25 bits per heavy atom. The Balaban J connectivity index is 2.53. The van der Waals surface area contributed by atoms with Crippen LogP contribution in [0.4, 0.5) is 0 Å². The molecule has 0 aromatic rings. The normalized spacial score (nSPS) is 21.3. The third kappa shape index (κ3) is 1.64. The summed E-state index contributed by atoms with van der Waals surface area (Å²) >= 11 is 0. The molecule has 0 N–H and O–H groups in total. The van der Waals surface area contributed by atoms with Crippen LogP contribution in [0.25, 0.3) is 0 Å². The highest BCUT2D eigenvalue weighted by atomic mass is 32.2. The predicted octanol–water partition coefficient (Wildman–Crippen LogP) is 1.07. The van der Waals surface area contributed by atoms with Gasteiger partial charge in [-0.05, 0) is 19.8 Å². The first-order valence-electron chi connectivity index (χ1n) is 4.47. The molecule has 1 aliphatic heterocycles. The van der Waals surface area contributed by atoms with E-state index in [0.29, 0.717) is 5.92 Å². The summed E-state index contributed by atoms with van der Waals surface area (Å²) < 4.78 is 24.6. The van der Waals surface area contributed by atoms with Gasteiger partial charge in [0.15, 0.2) is 0 Å². The van der Waals surface area contributed by atoms with Crippen molar-refractivity contribution in [2.45, 2.75) is 32.4 Å². The first-order valence-corrected chi connectivity index (χ1v) is 5.97. The standard InChI is InChI=1S/C8H17NO2S/c1-4-8-5-9(6-8)12(10,11)7(2)3/h7-8H,4-6H2,1-3H3. The van der Waals surface area contributed by atoms with Crippen molar-refractivity contribution in [2.75, 3.05) is 13.1 Å². The molecule has 72 valence electrons. The van der Waals surface area contributed by atoms with Gasteiger partial charge in [-0.25, -0.2) is 12.7 Å². The lowest BCUT2D eigenvalue weighted by atomic mass is 10.0. The molecular formula is C8H17NO2S. The van der Waals surface area contributed by atoms with Crippen molar-refractivity contribution in [3.8, 4) is 0 Å². The quantitative estimate of drug-likeness (QED) is 0.669. The van der Waals surface area contributed by atoms with E-state index in [0.717, 1.165) is 19.5 Å². The highest BCUT2D eigenvalue weighted by Gasteiger charge is 2.35. The minimum absolute atomic E-state index is 0.268. The zero-order valence-corrected chi connectivity index (χ0v) is 8.76. The summed E-state index contributed by atoms with van der Waals surface area (Å²) in [7, 11) is -2.95. The fourth-order valence-electron chi connectivity index (χ4n) is 1.29.